The molecule has 1 aliphatic heterocycles. The predicted molar refractivity (Wildman–Crippen MR) is 133 cm³/mol. The lowest BCUT2D eigenvalue weighted by molar-refractivity contribution is 0.143. The lowest BCUT2D eigenvalue weighted by atomic mass is 10.1. The van der Waals surface area contributed by atoms with E-state index in [1.807, 2.05) is 48.7 Å². The first kappa shape index (κ1) is 24.6. The van der Waals surface area contributed by atoms with Crippen LogP contribution in [0.4, 0.5) is 4.79 Å². The van der Waals surface area contributed by atoms with E-state index < -0.39 is 0 Å². The normalized spacial score (nSPS) is 15.6. The first-order valence-corrected chi connectivity index (χ1v) is 12.6. The molecule has 0 N–H and O–H groups in total. The summed E-state index contributed by atoms with van der Waals surface area (Å²) in [4.78, 5) is 20.9. The molecule has 1 amide bonds. The van der Waals surface area contributed by atoms with Gasteiger partial charge in [-0.1, -0.05) is 23.9 Å². The Morgan fingerprint density at radius 1 is 1.26 bits per heavy atom. The van der Waals surface area contributed by atoms with Gasteiger partial charge in [0.1, 0.15) is 11.6 Å². The Hall–Kier alpha value is -2.57. The Bertz CT molecular complexity index is 1080. The summed E-state index contributed by atoms with van der Waals surface area (Å²) < 4.78 is 9.40. The average Bonchev–Trinajstić information content (AvgIpc) is 3.46. The van der Waals surface area contributed by atoms with Crippen LogP contribution in [0.3, 0.4) is 0 Å². The molecule has 0 spiro atoms. The summed E-state index contributed by atoms with van der Waals surface area (Å²) in [5.41, 5.74) is 0.989. The van der Waals surface area contributed by atoms with Crippen molar-refractivity contribution in [2.45, 2.75) is 35.0 Å². The lowest BCUT2D eigenvalue weighted by Crippen LogP contribution is -2.41. The van der Waals surface area contributed by atoms with Gasteiger partial charge in [-0.3, -0.25) is 0 Å². The van der Waals surface area contributed by atoms with Crippen molar-refractivity contribution < 1.29 is 9.53 Å². The van der Waals surface area contributed by atoms with Crippen molar-refractivity contribution in [3.05, 3.63) is 48.0 Å². The summed E-state index contributed by atoms with van der Waals surface area (Å²) in [6.45, 7) is 2.92. The van der Waals surface area contributed by atoms with Crippen LogP contribution in [0.1, 0.15) is 29.5 Å². The molecular formula is C22H30N8O2S2. The summed E-state index contributed by atoms with van der Waals surface area (Å²) in [5.74, 6) is 1.38. The second kappa shape index (κ2) is 11.2. The van der Waals surface area contributed by atoms with Crippen LogP contribution in [0.5, 0.6) is 5.75 Å². The van der Waals surface area contributed by atoms with E-state index in [1.54, 1.807) is 35.0 Å². The molecule has 1 aromatic carbocycles. The summed E-state index contributed by atoms with van der Waals surface area (Å²) in [6, 6.07) is 7.43. The minimum absolute atomic E-state index is 0.148. The summed E-state index contributed by atoms with van der Waals surface area (Å²) in [7, 11) is 6.00. The van der Waals surface area contributed by atoms with E-state index in [0.717, 1.165) is 42.5 Å². The lowest BCUT2D eigenvalue weighted by Gasteiger charge is -2.30. The van der Waals surface area contributed by atoms with Crippen molar-refractivity contribution in [2.75, 3.05) is 33.7 Å². The van der Waals surface area contributed by atoms with Gasteiger partial charge in [-0.05, 0) is 55.1 Å². The maximum absolute atomic E-state index is 12.7. The van der Waals surface area contributed by atoms with E-state index in [2.05, 4.69) is 38.0 Å². The molecule has 10 nitrogen and oxygen atoms in total. The molecule has 1 unspecified atom stereocenters. The smallest absolute Gasteiger partial charge is 0.410 e. The molecule has 1 fully saturated rings. The first-order chi connectivity index (χ1) is 16.4. The maximum Gasteiger partial charge on any atom is 0.415 e. The molecule has 4 rings (SSSR count). The van der Waals surface area contributed by atoms with Gasteiger partial charge in [0.05, 0.1) is 11.8 Å². The number of thioether (sulfide) groups is 1. The number of likely N-dealkylation sites (tertiary alicyclic amines) is 1. The fourth-order valence-corrected chi connectivity index (χ4v) is 5.19. The van der Waals surface area contributed by atoms with E-state index in [0.29, 0.717) is 24.1 Å². The topological polar surface area (TPSA) is 94.2 Å². The Balaban J connectivity index is 1.26. The Kier molecular flexibility index (Phi) is 8.11. The van der Waals surface area contributed by atoms with Crippen molar-refractivity contribution in [2.24, 2.45) is 7.05 Å². The minimum atomic E-state index is -0.321. The molecule has 1 atom stereocenters. The van der Waals surface area contributed by atoms with Crippen LogP contribution in [-0.4, -0.2) is 84.6 Å². The van der Waals surface area contributed by atoms with Crippen molar-refractivity contribution >= 4 is 30.5 Å². The highest BCUT2D eigenvalue weighted by molar-refractivity contribution is 7.99. The highest BCUT2D eigenvalue weighted by Crippen LogP contribution is 2.30. The fraction of sp³-hybridized carbons (Fsp3) is 0.500. The molecule has 0 radical (unpaired) electrons. The number of piperidine rings is 1. The van der Waals surface area contributed by atoms with Gasteiger partial charge in [-0.15, -0.1) is 5.10 Å². The summed E-state index contributed by atoms with van der Waals surface area (Å²) >= 11 is 6.37. The molecule has 3 aromatic rings. The van der Waals surface area contributed by atoms with Gasteiger partial charge in [0.2, 0.25) is 5.16 Å². The third-order valence-electron chi connectivity index (χ3n) is 5.73. The second-order valence-corrected chi connectivity index (χ2v) is 10.3. The van der Waals surface area contributed by atoms with Crippen LogP contribution < -0.4 is 4.74 Å². The Labute approximate surface area is 209 Å². The Morgan fingerprint density at radius 2 is 2.00 bits per heavy atom. The highest BCUT2D eigenvalue weighted by atomic mass is 32.2. The first-order valence-electron chi connectivity index (χ1n) is 11.2. The maximum atomic E-state index is 12.7. The van der Waals surface area contributed by atoms with Gasteiger partial charge in [0.25, 0.3) is 0 Å². The zero-order chi connectivity index (χ0) is 24.1. The molecule has 3 heterocycles. The summed E-state index contributed by atoms with van der Waals surface area (Å²) in [5, 5.41) is 13.1. The van der Waals surface area contributed by atoms with Gasteiger partial charge in [-0.2, -0.15) is 12.6 Å². The number of thiol groups is 1. The van der Waals surface area contributed by atoms with Crippen LogP contribution in [0, 0.1) is 0 Å². The fourth-order valence-electron chi connectivity index (χ4n) is 3.69. The number of likely N-dealkylation sites (N-methyl/N-ethyl adjacent to an activating group) is 1. The molecule has 1 saturated heterocycles. The molecule has 0 aliphatic carbocycles. The number of carbonyl (C=O) groups is 1. The highest BCUT2D eigenvalue weighted by Gasteiger charge is 2.26. The SMILES string of the molecule is CN(C)CCn1nnnc1SC1CCN(C(=O)Oc2ccc(C(S)c3nccn3C)cc2)CC1. The van der Waals surface area contributed by atoms with E-state index in [9.17, 15) is 4.79 Å². The van der Waals surface area contributed by atoms with Crippen LogP contribution in [0.2, 0.25) is 0 Å². The zero-order valence-electron chi connectivity index (χ0n) is 19.6. The number of carbonyl (C=O) groups excluding carboxylic acids is 1. The standard InChI is InChI=1S/C22H30N8O2S2/c1-27(2)14-15-30-21(24-25-26-30)34-18-8-11-29(12-9-18)22(31)32-17-6-4-16(5-7-17)19(33)20-23-10-13-28(20)3/h4-7,10,13,18-19,33H,8-9,11-12,14-15H2,1-3H3. The second-order valence-electron chi connectivity index (χ2n) is 8.53. The van der Waals surface area contributed by atoms with Crippen LogP contribution in [0.15, 0.2) is 41.8 Å². The molecule has 182 valence electrons. The van der Waals surface area contributed by atoms with Gasteiger partial charge in [0, 0.05) is 44.3 Å². The van der Waals surface area contributed by atoms with Crippen LogP contribution >= 0.6 is 24.4 Å². The number of amides is 1. The monoisotopic (exact) mass is 502 g/mol. The van der Waals surface area contributed by atoms with Gasteiger partial charge < -0.3 is 19.1 Å². The zero-order valence-corrected chi connectivity index (χ0v) is 21.3. The van der Waals surface area contributed by atoms with Crippen molar-refractivity contribution in [1.29, 1.82) is 0 Å². The minimum Gasteiger partial charge on any atom is -0.410 e. The van der Waals surface area contributed by atoms with Crippen LogP contribution in [0.25, 0.3) is 0 Å². The summed E-state index contributed by atoms with van der Waals surface area (Å²) in [6.07, 6.45) is 5.06. The number of hydrogen-bond donors (Lipinski definition) is 1. The molecule has 0 bridgehead atoms. The molecular weight excluding hydrogens is 472 g/mol. The van der Waals surface area contributed by atoms with Gasteiger partial charge in [0.15, 0.2) is 0 Å². The van der Waals surface area contributed by atoms with E-state index >= 15 is 0 Å². The predicted octanol–water partition coefficient (Wildman–Crippen LogP) is 2.74. The number of tetrazole rings is 1. The largest absolute Gasteiger partial charge is 0.415 e. The van der Waals surface area contributed by atoms with E-state index in [1.165, 1.54) is 0 Å². The Morgan fingerprint density at radius 3 is 2.65 bits per heavy atom. The average molecular weight is 503 g/mol. The molecule has 1 aliphatic rings. The molecule has 34 heavy (non-hydrogen) atoms. The van der Waals surface area contributed by atoms with Crippen molar-refractivity contribution in [3.8, 4) is 5.75 Å². The molecule has 2 aromatic heterocycles. The quantitative estimate of drug-likeness (QED) is 0.470. The van der Waals surface area contributed by atoms with Crippen LogP contribution in [-0.2, 0) is 13.6 Å². The number of aromatic nitrogens is 6. The molecule has 12 heteroatoms. The number of benzene rings is 1. The third kappa shape index (κ3) is 6.10. The van der Waals surface area contributed by atoms with Gasteiger partial charge >= 0.3 is 6.09 Å². The van der Waals surface area contributed by atoms with Crippen molar-refractivity contribution in [3.63, 3.8) is 0 Å². The number of ether oxygens (including phenoxy) is 1. The number of nitrogens with zero attached hydrogens (tertiary/aromatic N) is 8. The number of aryl methyl sites for hydroxylation is 1. The number of hydrogen-bond acceptors (Lipinski definition) is 9. The number of rotatable bonds is 8. The number of imidazole rings is 1. The van der Waals surface area contributed by atoms with E-state index in [-0.39, 0.29) is 11.3 Å². The van der Waals surface area contributed by atoms with E-state index in [4.69, 9.17) is 4.74 Å². The van der Waals surface area contributed by atoms with Gasteiger partial charge in [-0.25, -0.2) is 14.5 Å². The molecule has 0 saturated carbocycles. The third-order valence-corrected chi connectivity index (χ3v) is 7.57. The van der Waals surface area contributed by atoms with Crippen molar-refractivity contribution in [1.82, 2.24) is 39.6 Å².